The van der Waals surface area contributed by atoms with Gasteiger partial charge in [0.05, 0.1) is 6.04 Å². The van der Waals surface area contributed by atoms with Crippen LogP contribution < -0.4 is 11.1 Å². The number of thiazole rings is 1. The first-order valence-electron chi connectivity index (χ1n) is 6.27. The van der Waals surface area contributed by atoms with Crippen LogP contribution in [0.2, 0.25) is 0 Å². The number of rotatable bonds is 5. The summed E-state index contributed by atoms with van der Waals surface area (Å²) >= 11 is 1.57. The fourth-order valence-corrected chi connectivity index (χ4v) is 2.41. The van der Waals surface area contributed by atoms with E-state index in [-0.39, 0.29) is 5.91 Å². The lowest BCUT2D eigenvalue weighted by Crippen LogP contribution is -2.35. The number of hydrogen-bond acceptors (Lipinski definition) is 4. The lowest BCUT2D eigenvalue weighted by molar-refractivity contribution is -0.117. The zero-order chi connectivity index (χ0) is 13.7. The number of nitrogens with two attached hydrogens (primary N) is 1. The molecule has 0 radical (unpaired) electrons. The van der Waals surface area contributed by atoms with Gasteiger partial charge in [0.15, 0.2) is 0 Å². The number of amides is 1. The van der Waals surface area contributed by atoms with E-state index < -0.39 is 6.04 Å². The minimum absolute atomic E-state index is 0.141. The zero-order valence-electron chi connectivity index (χ0n) is 10.8. The number of carbonyl (C=O) groups is 1. The van der Waals surface area contributed by atoms with Crippen LogP contribution in [-0.2, 0) is 4.79 Å². The second kappa shape index (κ2) is 6.45. The van der Waals surface area contributed by atoms with E-state index in [9.17, 15) is 4.79 Å². The average Bonchev–Trinajstić information content (AvgIpc) is 2.93. The first kappa shape index (κ1) is 13.7. The van der Waals surface area contributed by atoms with Crippen molar-refractivity contribution in [2.45, 2.75) is 25.8 Å². The largest absolute Gasteiger partial charge is 0.325 e. The Labute approximate surface area is 116 Å². The van der Waals surface area contributed by atoms with Crippen LogP contribution in [0.15, 0.2) is 35.8 Å². The van der Waals surface area contributed by atoms with E-state index in [1.165, 1.54) is 0 Å². The molecule has 0 aliphatic heterocycles. The van der Waals surface area contributed by atoms with Gasteiger partial charge in [0.1, 0.15) is 5.01 Å². The van der Waals surface area contributed by atoms with E-state index in [2.05, 4.69) is 10.3 Å². The zero-order valence-corrected chi connectivity index (χ0v) is 11.6. The Hall–Kier alpha value is -1.72. The maximum absolute atomic E-state index is 11.9. The van der Waals surface area contributed by atoms with Crippen LogP contribution in [0.3, 0.4) is 0 Å². The second-order valence-corrected chi connectivity index (χ2v) is 5.20. The molecule has 19 heavy (non-hydrogen) atoms. The molecule has 0 aliphatic rings. The molecule has 4 nitrogen and oxygen atoms in total. The fraction of sp³-hybridized carbons (Fsp3) is 0.286. The van der Waals surface area contributed by atoms with Crippen LogP contribution in [0.1, 0.15) is 19.8 Å². The minimum atomic E-state index is -0.450. The maximum atomic E-state index is 11.9. The van der Waals surface area contributed by atoms with Crippen molar-refractivity contribution < 1.29 is 4.79 Å². The molecule has 0 saturated carbocycles. The van der Waals surface area contributed by atoms with Crippen LogP contribution in [0.25, 0.3) is 10.6 Å². The van der Waals surface area contributed by atoms with Gasteiger partial charge < -0.3 is 11.1 Å². The Morgan fingerprint density at radius 3 is 3.05 bits per heavy atom. The SMILES string of the molecule is CCCC(N)C(=O)Nc1cccc(-c2nccs2)c1. The molecule has 100 valence electrons. The summed E-state index contributed by atoms with van der Waals surface area (Å²) in [6, 6.07) is 7.19. The van der Waals surface area contributed by atoms with Gasteiger partial charge in [-0.05, 0) is 18.6 Å². The number of anilines is 1. The van der Waals surface area contributed by atoms with Crippen LogP contribution in [0, 0.1) is 0 Å². The Bertz CT molecular complexity index is 539. The fourth-order valence-electron chi connectivity index (χ4n) is 1.77. The van der Waals surface area contributed by atoms with E-state index in [0.717, 1.165) is 22.7 Å². The minimum Gasteiger partial charge on any atom is -0.325 e. The standard InChI is InChI=1S/C14H17N3OS/c1-2-4-12(15)13(18)17-11-6-3-5-10(9-11)14-16-7-8-19-14/h3,5-9,12H,2,4,15H2,1H3,(H,17,18). The molecule has 1 unspecified atom stereocenters. The molecule has 1 aromatic heterocycles. The van der Waals surface area contributed by atoms with Gasteiger partial charge in [-0.15, -0.1) is 11.3 Å². The molecule has 0 fully saturated rings. The Balaban J connectivity index is 2.09. The molecule has 0 aliphatic carbocycles. The third-order valence-electron chi connectivity index (χ3n) is 2.75. The molecule has 2 rings (SSSR count). The second-order valence-electron chi connectivity index (χ2n) is 4.30. The molecule has 2 aromatic rings. The normalized spacial score (nSPS) is 12.1. The molecular formula is C14H17N3OS. The summed E-state index contributed by atoms with van der Waals surface area (Å²) in [4.78, 5) is 16.1. The van der Waals surface area contributed by atoms with Crippen LogP contribution in [-0.4, -0.2) is 16.9 Å². The van der Waals surface area contributed by atoms with Crippen molar-refractivity contribution in [2.24, 2.45) is 5.73 Å². The van der Waals surface area contributed by atoms with E-state index in [1.807, 2.05) is 36.6 Å². The number of nitrogens with one attached hydrogen (secondary N) is 1. The molecular weight excluding hydrogens is 258 g/mol. The van der Waals surface area contributed by atoms with E-state index in [0.29, 0.717) is 6.42 Å². The lowest BCUT2D eigenvalue weighted by atomic mass is 10.1. The van der Waals surface area contributed by atoms with Gasteiger partial charge in [-0.25, -0.2) is 4.98 Å². The summed E-state index contributed by atoms with van der Waals surface area (Å²) in [5, 5.41) is 5.71. The number of carbonyl (C=O) groups excluding carboxylic acids is 1. The molecule has 0 spiro atoms. The molecule has 0 bridgehead atoms. The molecule has 0 saturated heterocycles. The predicted octanol–water partition coefficient (Wildman–Crippen LogP) is 2.88. The summed E-state index contributed by atoms with van der Waals surface area (Å²) in [5.41, 5.74) is 7.54. The number of nitrogens with zero attached hydrogens (tertiary/aromatic N) is 1. The summed E-state index contributed by atoms with van der Waals surface area (Å²) < 4.78 is 0. The highest BCUT2D eigenvalue weighted by Gasteiger charge is 2.12. The van der Waals surface area contributed by atoms with Gasteiger partial charge >= 0.3 is 0 Å². The summed E-state index contributed by atoms with van der Waals surface area (Å²) in [6.45, 7) is 2.01. The van der Waals surface area contributed by atoms with Crippen LogP contribution in [0.4, 0.5) is 5.69 Å². The van der Waals surface area contributed by atoms with Gasteiger partial charge in [0.2, 0.25) is 5.91 Å². The van der Waals surface area contributed by atoms with Crippen LogP contribution >= 0.6 is 11.3 Å². The maximum Gasteiger partial charge on any atom is 0.241 e. The number of hydrogen-bond donors (Lipinski definition) is 2. The van der Waals surface area contributed by atoms with Gasteiger partial charge in [0.25, 0.3) is 0 Å². The van der Waals surface area contributed by atoms with E-state index >= 15 is 0 Å². The van der Waals surface area contributed by atoms with Crippen LogP contribution in [0.5, 0.6) is 0 Å². The first-order chi connectivity index (χ1) is 9.20. The van der Waals surface area contributed by atoms with E-state index in [1.54, 1.807) is 17.5 Å². The Kier molecular flexibility index (Phi) is 4.65. The third-order valence-corrected chi connectivity index (χ3v) is 3.57. The highest BCUT2D eigenvalue weighted by molar-refractivity contribution is 7.13. The quantitative estimate of drug-likeness (QED) is 0.881. The van der Waals surface area contributed by atoms with Crippen molar-refractivity contribution in [2.75, 3.05) is 5.32 Å². The van der Waals surface area contributed by atoms with Crippen molar-refractivity contribution in [1.82, 2.24) is 4.98 Å². The smallest absolute Gasteiger partial charge is 0.241 e. The van der Waals surface area contributed by atoms with Gasteiger partial charge in [-0.3, -0.25) is 4.79 Å². The molecule has 1 amide bonds. The monoisotopic (exact) mass is 275 g/mol. The summed E-state index contributed by atoms with van der Waals surface area (Å²) in [6.07, 6.45) is 3.36. The molecule has 3 N–H and O–H groups in total. The molecule has 1 aromatic carbocycles. The van der Waals surface area contributed by atoms with Gasteiger partial charge in [-0.2, -0.15) is 0 Å². The number of benzene rings is 1. The molecule has 5 heteroatoms. The van der Waals surface area contributed by atoms with Crippen molar-refractivity contribution >= 4 is 22.9 Å². The highest BCUT2D eigenvalue weighted by atomic mass is 32.1. The van der Waals surface area contributed by atoms with Crippen molar-refractivity contribution in [3.63, 3.8) is 0 Å². The average molecular weight is 275 g/mol. The predicted molar refractivity (Wildman–Crippen MR) is 79.1 cm³/mol. The van der Waals surface area contributed by atoms with Gasteiger partial charge in [0, 0.05) is 22.8 Å². The van der Waals surface area contributed by atoms with Crippen molar-refractivity contribution in [3.05, 3.63) is 35.8 Å². The first-order valence-corrected chi connectivity index (χ1v) is 7.15. The Morgan fingerprint density at radius 2 is 2.37 bits per heavy atom. The third kappa shape index (κ3) is 3.62. The van der Waals surface area contributed by atoms with Gasteiger partial charge in [-0.1, -0.05) is 25.5 Å². The highest BCUT2D eigenvalue weighted by Crippen LogP contribution is 2.24. The summed E-state index contributed by atoms with van der Waals surface area (Å²) in [5.74, 6) is -0.141. The van der Waals surface area contributed by atoms with E-state index in [4.69, 9.17) is 5.73 Å². The topological polar surface area (TPSA) is 68.0 Å². The van der Waals surface area contributed by atoms with Crippen molar-refractivity contribution in [3.8, 4) is 10.6 Å². The Morgan fingerprint density at radius 1 is 1.53 bits per heavy atom. The molecule has 1 atom stereocenters. The van der Waals surface area contributed by atoms with Crippen molar-refractivity contribution in [1.29, 1.82) is 0 Å². The lowest BCUT2D eigenvalue weighted by Gasteiger charge is -2.11. The summed E-state index contributed by atoms with van der Waals surface area (Å²) in [7, 11) is 0. The number of aromatic nitrogens is 1. The molecule has 1 heterocycles.